The first-order valence-electron chi connectivity index (χ1n) is 12.7. The molecule has 0 aliphatic carbocycles. The molecule has 0 bridgehead atoms. The molecule has 0 radical (unpaired) electrons. The van der Waals surface area contributed by atoms with Crippen molar-refractivity contribution in [2.24, 2.45) is 5.92 Å². The Balaban J connectivity index is 2.14. The molecule has 0 spiro atoms. The number of halogens is 1. The Labute approximate surface area is 230 Å². The van der Waals surface area contributed by atoms with E-state index in [1.165, 1.54) is 24.3 Å². The molecule has 0 unspecified atom stereocenters. The van der Waals surface area contributed by atoms with Crippen LogP contribution in [0.3, 0.4) is 0 Å². The number of carbonyl (C=O) groups is 4. The van der Waals surface area contributed by atoms with Gasteiger partial charge in [-0.25, -0.2) is 4.39 Å². The van der Waals surface area contributed by atoms with Crippen LogP contribution in [0.1, 0.15) is 38.3 Å². The van der Waals surface area contributed by atoms with Gasteiger partial charge in [0.05, 0.1) is 6.61 Å². The number of nitrogens with zero attached hydrogens (tertiary/aromatic N) is 1. The third-order valence-corrected chi connectivity index (χ3v) is 6.74. The van der Waals surface area contributed by atoms with Crippen molar-refractivity contribution in [3.63, 3.8) is 0 Å². The second-order valence-electron chi connectivity index (χ2n) is 9.46. The lowest BCUT2D eigenvalue weighted by Gasteiger charge is -2.31. The monoisotopic (exact) mass is 561 g/mol. The molecule has 0 fully saturated rings. The second-order valence-corrected chi connectivity index (χ2v) is 10.9. The summed E-state index contributed by atoms with van der Waals surface area (Å²) in [6, 6.07) is 11.6. The zero-order valence-corrected chi connectivity index (χ0v) is 23.5. The molecule has 0 saturated carbocycles. The normalized spacial score (nSPS) is 12.4. The third kappa shape index (κ3) is 11.4. The van der Waals surface area contributed by atoms with Crippen molar-refractivity contribution in [1.29, 1.82) is 0 Å². The van der Waals surface area contributed by atoms with Crippen LogP contribution in [0, 0.1) is 18.7 Å². The van der Waals surface area contributed by atoms with Crippen molar-refractivity contribution in [3.05, 3.63) is 65.5 Å². The van der Waals surface area contributed by atoms with Crippen LogP contribution in [0.2, 0.25) is 0 Å². The van der Waals surface area contributed by atoms with Gasteiger partial charge in [-0.2, -0.15) is 0 Å². The molecule has 0 heterocycles. The molecule has 3 amide bonds. The summed E-state index contributed by atoms with van der Waals surface area (Å²) in [7, 11) is -1.90. The van der Waals surface area contributed by atoms with Crippen LogP contribution in [-0.4, -0.2) is 63.5 Å². The lowest BCUT2D eigenvalue weighted by molar-refractivity contribution is -0.151. The fraction of sp³-hybridized carbons (Fsp3) is 0.429. The zero-order valence-electron chi connectivity index (χ0n) is 22.7. The highest BCUT2D eigenvalue weighted by Crippen LogP contribution is 2.15. The minimum atomic E-state index is -1.90. The summed E-state index contributed by atoms with van der Waals surface area (Å²) in [6.45, 7) is 6.90. The van der Waals surface area contributed by atoms with Gasteiger partial charge in [0, 0.05) is 23.0 Å². The van der Waals surface area contributed by atoms with Crippen LogP contribution in [0.15, 0.2) is 48.5 Å². The Bertz CT molecular complexity index is 1150. The molecule has 0 aliphatic rings. The summed E-state index contributed by atoms with van der Waals surface area (Å²) in [4.78, 5) is 52.3. The highest BCUT2D eigenvalue weighted by atomic mass is 32.2. The van der Waals surface area contributed by atoms with Gasteiger partial charge in [-0.15, -0.1) is 0 Å². The van der Waals surface area contributed by atoms with Gasteiger partial charge in [0.2, 0.25) is 17.7 Å². The predicted octanol–water partition coefficient (Wildman–Crippen LogP) is 2.94. The number of anilines is 1. The van der Waals surface area contributed by atoms with E-state index in [2.05, 4.69) is 10.6 Å². The molecule has 11 heteroatoms. The fourth-order valence-electron chi connectivity index (χ4n) is 3.70. The third-order valence-electron chi connectivity index (χ3n) is 5.59. The molecule has 9 nitrogen and oxygen atoms in total. The van der Waals surface area contributed by atoms with Gasteiger partial charge in [0.1, 0.15) is 29.9 Å². The average Bonchev–Trinajstić information content (AvgIpc) is 2.86. The van der Waals surface area contributed by atoms with Crippen LogP contribution in [0.4, 0.5) is 10.1 Å². The Morgan fingerprint density at radius 2 is 1.64 bits per heavy atom. The number of esters is 1. The van der Waals surface area contributed by atoms with Crippen molar-refractivity contribution >= 4 is 40.2 Å². The number of rotatable bonds is 14. The van der Waals surface area contributed by atoms with Crippen molar-refractivity contribution < 1.29 is 32.5 Å². The Morgan fingerprint density at radius 1 is 1.00 bits per heavy atom. The quantitative estimate of drug-likeness (QED) is 0.342. The van der Waals surface area contributed by atoms with Gasteiger partial charge in [0.25, 0.3) is 0 Å². The number of hydrogen-bond donors (Lipinski definition) is 2. The smallest absolute Gasteiger partial charge is 0.325 e. The van der Waals surface area contributed by atoms with E-state index in [0.29, 0.717) is 11.3 Å². The number of ether oxygens (including phenoxy) is 1. The van der Waals surface area contributed by atoms with Gasteiger partial charge in [-0.1, -0.05) is 43.7 Å². The highest BCUT2D eigenvalue weighted by Gasteiger charge is 2.33. The van der Waals surface area contributed by atoms with Gasteiger partial charge in [-0.3, -0.25) is 23.4 Å². The number of hydrogen-bond acceptors (Lipinski definition) is 6. The van der Waals surface area contributed by atoms with Crippen molar-refractivity contribution in [1.82, 2.24) is 10.2 Å². The van der Waals surface area contributed by atoms with Gasteiger partial charge in [-0.05, 0) is 56.0 Å². The van der Waals surface area contributed by atoms with Gasteiger partial charge >= 0.3 is 5.97 Å². The van der Waals surface area contributed by atoms with E-state index in [1.54, 1.807) is 19.1 Å². The fourth-order valence-corrected chi connectivity index (χ4v) is 4.61. The summed E-state index contributed by atoms with van der Waals surface area (Å²) in [6.07, 6.45) is 0.223. The molecular formula is C28H36FN3O6S. The molecule has 0 aromatic heterocycles. The van der Waals surface area contributed by atoms with Gasteiger partial charge < -0.3 is 20.3 Å². The predicted molar refractivity (Wildman–Crippen MR) is 148 cm³/mol. The molecule has 2 aromatic carbocycles. The number of carbonyl (C=O) groups excluding carboxylic acids is 4. The summed E-state index contributed by atoms with van der Waals surface area (Å²) in [5.41, 5.74) is 2.20. The average molecular weight is 562 g/mol. The molecule has 212 valence electrons. The Morgan fingerprint density at radius 3 is 2.23 bits per heavy atom. The van der Waals surface area contributed by atoms with Crippen LogP contribution >= 0.6 is 0 Å². The summed E-state index contributed by atoms with van der Waals surface area (Å²) in [5.74, 6) is -3.91. The maximum Gasteiger partial charge on any atom is 0.325 e. The summed E-state index contributed by atoms with van der Waals surface area (Å²) in [5, 5.41) is 5.37. The van der Waals surface area contributed by atoms with E-state index >= 15 is 0 Å². The summed E-state index contributed by atoms with van der Waals surface area (Å²) < 4.78 is 31.0. The Hall–Kier alpha value is -3.60. The number of nitrogens with one attached hydrogen (secondary N) is 2. The minimum Gasteiger partial charge on any atom is -0.465 e. The van der Waals surface area contributed by atoms with Crippen molar-refractivity contribution in [2.75, 3.05) is 30.0 Å². The highest BCUT2D eigenvalue weighted by molar-refractivity contribution is 7.86. The molecule has 0 aliphatic heterocycles. The number of amides is 3. The number of aryl methyl sites for hydroxylation is 1. The molecule has 2 atom stereocenters. The lowest BCUT2D eigenvalue weighted by Crippen LogP contribution is -2.53. The number of benzene rings is 2. The standard InChI is InChI=1S/C28H36FN3O6S/c1-5-38-27(35)16-32(24(14-19(2)3)28(36)30-15-21-8-10-22(29)11-9-21)26(34)18-39(37)17-25(33)31-23-12-6-20(4)7-13-23/h6-13,19,24H,5,14-18H2,1-4H3,(H,30,36)(H,31,33)/t24-,39-/m0/s1. The van der Waals surface area contributed by atoms with E-state index in [4.69, 9.17) is 4.74 Å². The largest absolute Gasteiger partial charge is 0.465 e. The van der Waals surface area contributed by atoms with E-state index in [9.17, 15) is 27.8 Å². The molecule has 2 N–H and O–H groups in total. The van der Waals surface area contributed by atoms with Crippen molar-refractivity contribution in [2.45, 2.75) is 46.7 Å². The van der Waals surface area contributed by atoms with Crippen molar-refractivity contribution in [3.8, 4) is 0 Å². The van der Waals surface area contributed by atoms with E-state index < -0.39 is 64.4 Å². The first-order chi connectivity index (χ1) is 18.5. The summed E-state index contributed by atoms with van der Waals surface area (Å²) >= 11 is 0. The molecule has 2 aromatic rings. The molecule has 39 heavy (non-hydrogen) atoms. The van der Waals surface area contributed by atoms with E-state index in [1.807, 2.05) is 32.9 Å². The maximum absolute atomic E-state index is 13.3. The van der Waals surface area contributed by atoms with Gasteiger partial charge in [0.15, 0.2) is 0 Å². The van der Waals surface area contributed by atoms with Crippen LogP contribution in [0.25, 0.3) is 0 Å². The van der Waals surface area contributed by atoms with Crippen LogP contribution in [-0.2, 0) is 41.3 Å². The molecular weight excluding hydrogens is 525 g/mol. The zero-order chi connectivity index (χ0) is 28.9. The minimum absolute atomic E-state index is 0.0325. The first kappa shape index (κ1) is 31.6. The molecule has 2 rings (SSSR count). The topological polar surface area (TPSA) is 122 Å². The second kappa shape index (κ2) is 15.7. The van der Waals surface area contributed by atoms with Crippen LogP contribution < -0.4 is 10.6 Å². The SMILES string of the molecule is CCOC(=O)CN(C(=O)C[S@@](=O)CC(=O)Nc1ccc(C)cc1)[C@@H](CC(C)C)C(=O)NCc1ccc(F)cc1. The first-order valence-corrected chi connectivity index (χ1v) is 14.2. The maximum atomic E-state index is 13.3. The Kier molecular flexibility index (Phi) is 12.7. The van der Waals surface area contributed by atoms with Crippen LogP contribution in [0.5, 0.6) is 0 Å². The lowest BCUT2D eigenvalue weighted by atomic mass is 10.0. The van der Waals surface area contributed by atoms with E-state index in [0.717, 1.165) is 10.5 Å². The van der Waals surface area contributed by atoms with E-state index in [-0.39, 0.29) is 25.5 Å². The molecule has 0 saturated heterocycles.